The summed E-state index contributed by atoms with van der Waals surface area (Å²) >= 11 is 5.88. The Morgan fingerprint density at radius 1 is 1.19 bits per heavy atom. The number of nitrogens with zero attached hydrogens (tertiary/aromatic N) is 3. The number of sulfonamides is 1. The smallest absolute Gasteiger partial charge is 0.264 e. The Kier molecular flexibility index (Phi) is 4.77. The quantitative estimate of drug-likeness (QED) is 0.752. The average molecular weight is 392 g/mol. The SMILES string of the molecule is CC1C(=CN(C)C)C(=O)c2ncccc2N1S(=O)(=O)c1ccc(Cl)cc1. The van der Waals surface area contributed by atoms with E-state index in [2.05, 4.69) is 4.98 Å². The van der Waals surface area contributed by atoms with Crippen molar-refractivity contribution in [3.63, 3.8) is 0 Å². The van der Waals surface area contributed by atoms with Crippen LogP contribution >= 0.6 is 11.6 Å². The molecule has 0 saturated carbocycles. The van der Waals surface area contributed by atoms with Crippen LogP contribution in [0.15, 0.2) is 59.3 Å². The van der Waals surface area contributed by atoms with E-state index in [1.165, 1.54) is 34.8 Å². The van der Waals surface area contributed by atoms with E-state index in [0.717, 1.165) is 0 Å². The number of ketones is 1. The van der Waals surface area contributed by atoms with Gasteiger partial charge in [-0.3, -0.25) is 14.1 Å². The van der Waals surface area contributed by atoms with Crippen LogP contribution in [-0.2, 0) is 10.0 Å². The number of benzene rings is 1. The molecule has 0 saturated heterocycles. The van der Waals surface area contributed by atoms with Crippen LogP contribution in [0.2, 0.25) is 5.02 Å². The number of rotatable bonds is 3. The van der Waals surface area contributed by atoms with Gasteiger partial charge in [-0.2, -0.15) is 0 Å². The van der Waals surface area contributed by atoms with Gasteiger partial charge in [0.15, 0.2) is 0 Å². The molecule has 0 amide bonds. The number of hydrogen-bond donors (Lipinski definition) is 0. The lowest BCUT2D eigenvalue weighted by Crippen LogP contribution is -2.46. The summed E-state index contributed by atoms with van der Waals surface area (Å²) in [5, 5.41) is 0.445. The molecule has 2 aromatic rings. The van der Waals surface area contributed by atoms with Crippen LogP contribution in [0.3, 0.4) is 0 Å². The number of halogens is 1. The third-order valence-electron chi connectivity index (χ3n) is 4.07. The molecule has 1 atom stereocenters. The van der Waals surface area contributed by atoms with E-state index in [0.29, 0.717) is 10.6 Å². The number of aromatic nitrogens is 1. The highest BCUT2D eigenvalue weighted by Crippen LogP contribution is 2.36. The van der Waals surface area contributed by atoms with Gasteiger partial charge in [0, 0.05) is 37.1 Å². The minimum Gasteiger partial charge on any atom is -0.383 e. The van der Waals surface area contributed by atoms with Crippen molar-refractivity contribution in [2.24, 2.45) is 0 Å². The standard InChI is InChI=1S/C18H18ClN3O3S/c1-12-15(11-21(2)3)18(23)17-16(5-4-10-20-17)22(12)26(24,25)14-8-6-13(19)7-9-14/h4-12H,1-3H3. The molecular weight excluding hydrogens is 374 g/mol. The predicted molar refractivity (Wildman–Crippen MR) is 101 cm³/mol. The zero-order valence-corrected chi connectivity index (χ0v) is 16.1. The monoisotopic (exact) mass is 391 g/mol. The summed E-state index contributed by atoms with van der Waals surface area (Å²) in [5.74, 6) is -0.274. The summed E-state index contributed by atoms with van der Waals surface area (Å²) in [5.41, 5.74) is 0.755. The van der Waals surface area contributed by atoms with E-state index in [1.807, 2.05) is 0 Å². The third-order valence-corrected chi connectivity index (χ3v) is 6.22. The maximum Gasteiger partial charge on any atom is 0.264 e. The van der Waals surface area contributed by atoms with Crippen LogP contribution in [0.25, 0.3) is 0 Å². The Bertz CT molecular complexity index is 985. The van der Waals surface area contributed by atoms with Crippen molar-refractivity contribution >= 4 is 33.1 Å². The van der Waals surface area contributed by atoms with Gasteiger partial charge in [-0.25, -0.2) is 8.42 Å². The molecule has 0 aliphatic carbocycles. The Balaban J connectivity index is 2.23. The Hall–Kier alpha value is -2.38. The van der Waals surface area contributed by atoms with Gasteiger partial charge in [-0.1, -0.05) is 11.6 Å². The van der Waals surface area contributed by atoms with Crippen LogP contribution in [0.4, 0.5) is 5.69 Å². The zero-order chi connectivity index (χ0) is 19.1. The fourth-order valence-electron chi connectivity index (χ4n) is 2.91. The Morgan fingerprint density at radius 2 is 1.85 bits per heavy atom. The van der Waals surface area contributed by atoms with Crippen LogP contribution in [-0.4, -0.2) is 44.2 Å². The molecule has 26 heavy (non-hydrogen) atoms. The van der Waals surface area contributed by atoms with Gasteiger partial charge in [-0.05, 0) is 43.3 Å². The molecule has 3 rings (SSSR count). The lowest BCUT2D eigenvalue weighted by atomic mass is 9.96. The van der Waals surface area contributed by atoms with Gasteiger partial charge in [0.25, 0.3) is 10.0 Å². The van der Waals surface area contributed by atoms with Crippen molar-refractivity contribution in [2.45, 2.75) is 17.9 Å². The molecule has 0 fully saturated rings. The molecule has 0 spiro atoms. The average Bonchev–Trinajstić information content (AvgIpc) is 2.59. The lowest BCUT2D eigenvalue weighted by molar-refractivity contribution is 0.101. The molecule has 1 aliphatic rings. The van der Waals surface area contributed by atoms with Gasteiger partial charge in [0.05, 0.1) is 16.6 Å². The van der Waals surface area contributed by atoms with Crippen molar-refractivity contribution < 1.29 is 13.2 Å². The summed E-state index contributed by atoms with van der Waals surface area (Å²) in [7, 11) is -0.357. The first kappa shape index (κ1) is 18.4. The summed E-state index contributed by atoms with van der Waals surface area (Å²) in [6, 6.07) is 8.48. The third kappa shape index (κ3) is 3.08. The number of carbonyl (C=O) groups is 1. The summed E-state index contributed by atoms with van der Waals surface area (Å²) in [4.78, 5) is 18.8. The van der Waals surface area contributed by atoms with E-state index in [9.17, 15) is 13.2 Å². The number of Topliss-reactive ketones (excluding diaryl/α,β-unsaturated/α-hetero) is 1. The van der Waals surface area contributed by atoms with E-state index >= 15 is 0 Å². The number of pyridine rings is 1. The van der Waals surface area contributed by atoms with E-state index in [-0.39, 0.29) is 22.1 Å². The number of hydrogen-bond acceptors (Lipinski definition) is 5. The molecule has 8 heteroatoms. The predicted octanol–water partition coefficient (Wildman–Crippen LogP) is 2.96. The second-order valence-corrected chi connectivity index (χ2v) is 8.43. The van der Waals surface area contributed by atoms with Crippen molar-refractivity contribution in [3.05, 3.63) is 65.1 Å². The highest BCUT2D eigenvalue weighted by Gasteiger charge is 2.41. The maximum absolute atomic E-state index is 13.3. The molecule has 1 unspecified atom stereocenters. The molecule has 1 aliphatic heterocycles. The van der Waals surface area contributed by atoms with Crippen molar-refractivity contribution in [1.82, 2.24) is 9.88 Å². The fourth-order valence-corrected chi connectivity index (χ4v) is 4.68. The van der Waals surface area contributed by atoms with E-state index in [1.54, 1.807) is 44.3 Å². The molecular formula is C18H18ClN3O3S. The van der Waals surface area contributed by atoms with E-state index < -0.39 is 16.1 Å². The maximum atomic E-state index is 13.3. The summed E-state index contributed by atoms with van der Waals surface area (Å²) in [6.45, 7) is 1.69. The van der Waals surface area contributed by atoms with Crippen molar-refractivity contribution in [2.75, 3.05) is 18.4 Å². The Morgan fingerprint density at radius 3 is 2.46 bits per heavy atom. The van der Waals surface area contributed by atoms with Gasteiger partial charge in [0.2, 0.25) is 5.78 Å². The minimum absolute atomic E-state index is 0.0992. The zero-order valence-electron chi connectivity index (χ0n) is 14.5. The van der Waals surface area contributed by atoms with Gasteiger partial charge in [-0.15, -0.1) is 0 Å². The second kappa shape index (κ2) is 6.74. The highest BCUT2D eigenvalue weighted by atomic mass is 35.5. The topological polar surface area (TPSA) is 70.6 Å². The fraction of sp³-hybridized carbons (Fsp3) is 0.222. The first-order chi connectivity index (χ1) is 12.2. The first-order valence-corrected chi connectivity index (χ1v) is 9.73. The number of carbonyl (C=O) groups excluding carboxylic acids is 1. The van der Waals surface area contributed by atoms with Crippen LogP contribution in [0, 0.1) is 0 Å². The molecule has 0 radical (unpaired) electrons. The highest BCUT2D eigenvalue weighted by molar-refractivity contribution is 7.92. The summed E-state index contributed by atoms with van der Waals surface area (Å²) < 4.78 is 27.9. The molecule has 2 heterocycles. The van der Waals surface area contributed by atoms with Crippen LogP contribution < -0.4 is 4.31 Å². The molecule has 6 nitrogen and oxygen atoms in total. The Labute approximate surface area is 157 Å². The molecule has 0 N–H and O–H groups in total. The van der Waals surface area contributed by atoms with Gasteiger partial charge < -0.3 is 4.90 Å². The first-order valence-electron chi connectivity index (χ1n) is 7.91. The molecule has 1 aromatic carbocycles. The molecule has 136 valence electrons. The van der Waals surface area contributed by atoms with E-state index in [4.69, 9.17) is 11.6 Å². The van der Waals surface area contributed by atoms with Crippen LogP contribution in [0.1, 0.15) is 17.4 Å². The minimum atomic E-state index is -3.91. The second-order valence-electron chi connectivity index (χ2n) is 6.18. The van der Waals surface area contributed by atoms with Gasteiger partial charge >= 0.3 is 0 Å². The molecule has 1 aromatic heterocycles. The van der Waals surface area contributed by atoms with Crippen molar-refractivity contribution in [3.8, 4) is 0 Å². The van der Waals surface area contributed by atoms with Crippen LogP contribution in [0.5, 0.6) is 0 Å². The molecule has 0 bridgehead atoms. The van der Waals surface area contributed by atoms with Gasteiger partial charge in [0.1, 0.15) is 5.69 Å². The summed E-state index contributed by atoms with van der Waals surface area (Å²) in [6.07, 6.45) is 3.11. The van der Waals surface area contributed by atoms with Crippen molar-refractivity contribution in [1.29, 1.82) is 0 Å². The number of fused-ring (bicyclic) bond motifs is 1. The lowest BCUT2D eigenvalue weighted by Gasteiger charge is -2.36. The largest absolute Gasteiger partial charge is 0.383 e. The normalized spacial score (nSPS) is 18.8. The number of anilines is 1.